The monoisotopic (exact) mass is 383 g/mol. The minimum absolute atomic E-state index is 0.229. The minimum Gasteiger partial charge on any atom is -0.481 e. The third-order valence-electron chi connectivity index (χ3n) is 2.73. The van der Waals surface area contributed by atoms with Crippen molar-refractivity contribution in [1.82, 2.24) is 0 Å². The van der Waals surface area contributed by atoms with Crippen molar-refractivity contribution in [3.05, 3.63) is 56.5 Å². The first-order chi connectivity index (χ1) is 10.1. The van der Waals surface area contributed by atoms with Crippen LogP contribution in [0.3, 0.4) is 0 Å². The average Bonchev–Trinajstić information content (AvgIpc) is 2.47. The van der Waals surface area contributed by atoms with E-state index in [0.29, 0.717) is 16.6 Å². The van der Waals surface area contributed by atoms with Gasteiger partial charge < -0.3 is 10.1 Å². The van der Waals surface area contributed by atoms with Gasteiger partial charge in [-0.2, -0.15) is 0 Å². The maximum absolute atomic E-state index is 6.13. The van der Waals surface area contributed by atoms with E-state index in [9.17, 15) is 0 Å². The fourth-order valence-corrected chi connectivity index (χ4v) is 2.53. The summed E-state index contributed by atoms with van der Waals surface area (Å²) in [5.41, 5.74) is 1.74. The zero-order chi connectivity index (χ0) is 15.2. The van der Waals surface area contributed by atoms with E-state index in [4.69, 9.17) is 34.4 Å². The Morgan fingerprint density at radius 1 is 1.19 bits per heavy atom. The molecule has 0 saturated carbocycles. The van der Waals surface area contributed by atoms with Gasteiger partial charge in [-0.15, -0.1) is 6.42 Å². The van der Waals surface area contributed by atoms with Gasteiger partial charge in [0.2, 0.25) is 0 Å². The van der Waals surface area contributed by atoms with E-state index in [0.717, 1.165) is 21.5 Å². The summed E-state index contributed by atoms with van der Waals surface area (Å²) >= 11 is 15.5. The van der Waals surface area contributed by atoms with Gasteiger partial charge in [0, 0.05) is 21.6 Å². The first-order valence-electron chi connectivity index (χ1n) is 6.14. The average molecular weight is 385 g/mol. The van der Waals surface area contributed by atoms with E-state index in [1.165, 1.54) is 0 Å². The quantitative estimate of drug-likeness (QED) is 0.698. The minimum atomic E-state index is 0.229. The molecular formula is C16H12BrCl2NO. The van der Waals surface area contributed by atoms with Crippen molar-refractivity contribution < 1.29 is 4.74 Å². The van der Waals surface area contributed by atoms with Crippen LogP contribution in [0.1, 0.15) is 5.56 Å². The van der Waals surface area contributed by atoms with Crippen molar-refractivity contribution in [2.45, 2.75) is 6.54 Å². The summed E-state index contributed by atoms with van der Waals surface area (Å²) in [6.45, 7) is 0.770. The van der Waals surface area contributed by atoms with Gasteiger partial charge in [-0.05, 0) is 36.4 Å². The number of benzene rings is 2. The van der Waals surface area contributed by atoms with E-state index >= 15 is 0 Å². The summed E-state index contributed by atoms with van der Waals surface area (Å²) in [5.74, 6) is 3.19. The highest BCUT2D eigenvalue weighted by Gasteiger charge is 2.06. The molecule has 2 nitrogen and oxygen atoms in total. The molecular weight excluding hydrogens is 373 g/mol. The van der Waals surface area contributed by atoms with Crippen LogP contribution in [0.4, 0.5) is 5.69 Å². The molecule has 0 amide bonds. The smallest absolute Gasteiger partial charge is 0.148 e. The van der Waals surface area contributed by atoms with Crippen LogP contribution in [-0.4, -0.2) is 6.61 Å². The molecule has 1 N–H and O–H groups in total. The predicted molar refractivity (Wildman–Crippen MR) is 92.3 cm³/mol. The van der Waals surface area contributed by atoms with Crippen LogP contribution < -0.4 is 10.1 Å². The highest BCUT2D eigenvalue weighted by molar-refractivity contribution is 9.10. The second kappa shape index (κ2) is 7.61. The number of rotatable bonds is 5. The molecule has 0 saturated heterocycles. The number of ether oxygens (including phenoxy) is 1. The van der Waals surface area contributed by atoms with Crippen LogP contribution in [-0.2, 0) is 6.54 Å². The summed E-state index contributed by atoms with van der Waals surface area (Å²) in [4.78, 5) is 0. The van der Waals surface area contributed by atoms with Gasteiger partial charge in [0.05, 0.1) is 10.7 Å². The molecule has 0 bridgehead atoms. The fraction of sp³-hybridized carbons (Fsp3) is 0.125. The number of terminal acetylenes is 1. The molecule has 0 spiro atoms. The Morgan fingerprint density at radius 3 is 2.76 bits per heavy atom. The maximum Gasteiger partial charge on any atom is 0.148 e. The molecule has 5 heteroatoms. The highest BCUT2D eigenvalue weighted by atomic mass is 79.9. The van der Waals surface area contributed by atoms with Crippen LogP contribution in [0.25, 0.3) is 0 Å². The summed E-state index contributed by atoms with van der Waals surface area (Å²) in [5, 5.41) is 4.48. The molecule has 0 radical (unpaired) electrons. The molecule has 0 aliphatic carbocycles. The van der Waals surface area contributed by atoms with Crippen LogP contribution >= 0.6 is 39.1 Å². The third-order valence-corrected chi connectivity index (χ3v) is 3.79. The number of hydrogen-bond acceptors (Lipinski definition) is 2. The van der Waals surface area contributed by atoms with Crippen molar-refractivity contribution >= 4 is 44.8 Å². The van der Waals surface area contributed by atoms with Crippen LogP contribution in [0.5, 0.6) is 5.75 Å². The molecule has 0 atom stereocenters. The van der Waals surface area contributed by atoms with Crippen LogP contribution in [0, 0.1) is 12.3 Å². The van der Waals surface area contributed by atoms with Gasteiger partial charge in [-0.25, -0.2) is 0 Å². The van der Waals surface area contributed by atoms with Gasteiger partial charge in [-0.1, -0.05) is 45.1 Å². The second-order valence-corrected chi connectivity index (χ2v) is 5.98. The van der Waals surface area contributed by atoms with Crippen LogP contribution in [0.2, 0.25) is 10.0 Å². The molecule has 0 unspecified atom stereocenters. The van der Waals surface area contributed by atoms with E-state index in [-0.39, 0.29) is 6.61 Å². The Balaban J connectivity index is 2.17. The Morgan fingerprint density at radius 2 is 2.00 bits per heavy atom. The molecule has 2 aromatic carbocycles. The van der Waals surface area contributed by atoms with Gasteiger partial charge >= 0.3 is 0 Å². The molecule has 0 heterocycles. The van der Waals surface area contributed by atoms with Gasteiger partial charge in [0.1, 0.15) is 12.4 Å². The highest BCUT2D eigenvalue weighted by Crippen LogP contribution is 2.28. The first-order valence-corrected chi connectivity index (χ1v) is 7.68. The zero-order valence-corrected chi connectivity index (χ0v) is 14.1. The van der Waals surface area contributed by atoms with Crippen molar-refractivity contribution in [3.8, 4) is 18.1 Å². The Kier molecular flexibility index (Phi) is 5.81. The SMILES string of the molecule is C#CCOc1ccc(Br)cc1CNc1cc(Cl)ccc1Cl. The summed E-state index contributed by atoms with van der Waals surface area (Å²) < 4.78 is 6.49. The van der Waals surface area contributed by atoms with Gasteiger partial charge in [0.25, 0.3) is 0 Å². The van der Waals surface area contributed by atoms with E-state index in [1.807, 2.05) is 18.2 Å². The van der Waals surface area contributed by atoms with E-state index < -0.39 is 0 Å². The normalized spacial score (nSPS) is 10.0. The topological polar surface area (TPSA) is 21.3 Å². The molecule has 2 aromatic rings. The first kappa shape index (κ1) is 16.0. The van der Waals surface area contributed by atoms with Crippen molar-refractivity contribution in [2.24, 2.45) is 0 Å². The lowest BCUT2D eigenvalue weighted by Crippen LogP contribution is -2.04. The number of anilines is 1. The summed E-state index contributed by atoms with van der Waals surface area (Å²) in [6.07, 6.45) is 5.23. The Hall–Kier alpha value is -1.34. The summed E-state index contributed by atoms with van der Waals surface area (Å²) in [6, 6.07) is 11.0. The van der Waals surface area contributed by atoms with Crippen molar-refractivity contribution in [1.29, 1.82) is 0 Å². The number of halogens is 3. The molecule has 0 aromatic heterocycles. The lowest BCUT2D eigenvalue weighted by molar-refractivity contribution is 0.366. The third kappa shape index (κ3) is 4.57. The molecule has 0 aliphatic heterocycles. The zero-order valence-electron chi connectivity index (χ0n) is 11.0. The van der Waals surface area contributed by atoms with E-state index in [2.05, 4.69) is 27.2 Å². The molecule has 108 valence electrons. The second-order valence-electron chi connectivity index (χ2n) is 4.22. The largest absolute Gasteiger partial charge is 0.481 e. The molecule has 0 aliphatic rings. The van der Waals surface area contributed by atoms with Crippen LogP contribution in [0.15, 0.2) is 40.9 Å². The molecule has 2 rings (SSSR count). The number of nitrogens with one attached hydrogen (secondary N) is 1. The van der Waals surface area contributed by atoms with Crippen molar-refractivity contribution in [2.75, 3.05) is 11.9 Å². The molecule has 0 fully saturated rings. The lowest BCUT2D eigenvalue weighted by atomic mass is 10.2. The summed E-state index contributed by atoms with van der Waals surface area (Å²) in [7, 11) is 0. The van der Waals surface area contributed by atoms with Gasteiger partial charge in [0.15, 0.2) is 0 Å². The fourth-order valence-electron chi connectivity index (χ4n) is 1.77. The van der Waals surface area contributed by atoms with Gasteiger partial charge in [-0.3, -0.25) is 0 Å². The standard InChI is InChI=1S/C16H12BrCl2NO/c1-2-7-21-16-6-3-12(17)8-11(16)10-20-15-9-13(18)4-5-14(15)19/h1,3-6,8-9,20H,7,10H2. The van der Waals surface area contributed by atoms with E-state index in [1.54, 1.807) is 18.2 Å². The Bertz CT molecular complexity index is 682. The number of hydrogen-bond donors (Lipinski definition) is 1. The molecule has 21 heavy (non-hydrogen) atoms. The maximum atomic E-state index is 6.13. The van der Waals surface area contributed by atoms with Crippen molar-refractivity contribution in [3.63, 3.8) is 0 Å². The predicted octanol–water partition coefficient (Wildman–Crippen LogP) is 5.38. The Labute approximate surface area is 142 Å². The lowest BCUT2D eigenvalue weighted by Gasteiger charge is -2.13.